The van der Waals surface area contributed by atoms with E-state index in [0.29, 0.717) is 12.5 Å². The maximum Gasteiger partial charge on any atom is 0.216 e. The molecule has 0 aliphatic heterocycles. The van der Waals surface area contributed by atoms with Crippen LogP contribution in [0, 0.1) is 5.92 Å². The summed E-state index contributed by atoms with van der Waals surface area (Å²) in [5.41, 5.74) is 0. The first-order valence-electron chi connectivity index (χ1n) is 5.39. The Kier molecular flexibility index (Phi) is 14.1. The molecular weight excluding hydrogens is 178 g/mol. The van der Waals surface area contributed by atoms with Crippen LogP contribution in [0.5, 0.6) is 0 Å². The molecule has 14 heavy (non-hydrogen) atoms. The zero-order valence-corrected chi connectivity index (χ0v) is 9.97. The summed E-state index contributed by atoms with van der Waals surface area (Å²) < 4.78 is 0. The van der Waals surface area contributed by atoms with Gasteiger partial charge in [-0.2, -0.15) is 0 Å². The highest BCUT2D eigenvalue weighted by Gasteiger charge is 1.86. The molecule has 0 unspecified atom stereocenters. The number of aliphatic hydroxyl groups is 1. The highest BCUT2D eigenvalue weighted by atomic mass is 16.3. The number of carbonyl (C=O) groups is 1. The summed E-state index contributed by atoms with van der Waals surface area (Å²) >= 11 is 0. The average molecular weight is 203 g/mol. The smallest absolute Gasteiger partial charge is 0.216 e. The number of hydrogen-bond donors (Lipinski definition) is 2. The number of amides is 1. The van der Waals surface area contributed by atoms with Gasteiger partial charge in [0, 0.05) is 20.1 Å². The van der Waals surface area contributed by atoms with E-state index in [9.17, 15) is 4.79 Å². The lowest BCUT2D eigenvalue weighted by Crippen LogP contribution is -2.20. The molecule has 2 N–H and O–H groups in total. The summed E-state index contributed by atoms with van der Waals surface area (Å²) in [5, 5.41) is 10.9. The fourth-order valence-corrected chi connectivity index (χ4v) is 0.699. The van der Waals surface area contributed by atoms with Crippen molar-refractivity contribution in [1.82, 2.24) is 5.32 Å². The highest BCUT2D eigenvalue weighted by Crippen LogP contribution is 1.94. The van der Waals surface area contributed by atoms with Crippen LogP contribution in [0.3, 0.4) is 0 Å². The normalized spacial score (nSPS) is 9.29. The van der Waals surface area contributed by atoms with Crippen molar-refractivity contribution in [1.29, 1.82) is 0 Å². The van der Waals surface area contributed by atoms with Crippen LogP contribution in [-0.4, -0.2) is 24.2 Å². The van der Waals surface area contributed by atoms with Crippen LogP contribution in [0.4, 0.5) is 0 Å². The van der Waals surface area contributed by atoms with Crippen molar-refractivity contribution < 1.29 is 9.90 Å². The molecule has 0 aliphatic carbocycles. The van der Waals surface area contributed by atoms with E-state index in [-0.39, 0.29) is 5.91 Å². The molecule has 0 atom stereocenters. The van der Waals surface area contributed by atoms with Crippen molar-refractivity contribution in [3.05, 3.63) is 0 Å². The van der Waals surface area contributed by atoms with Gasteiger partial charge in [0.25, 0.3) is 0 Å². The number of rotatable bonds is 5. The predicted molar refractivity (Wildman–Crippen MR) is 60.1 cm³/mol. The molecule has 0 aliphatic rings. The van der Waals surface area contributed by atoms with Gasteiger partial charge < -0.3 is 10.4 Å². The Morgan fingerprint density at radius 1 is 1.43 bits per heavy atom. The van der Waals surface area contributed by atoms with E-state index in [1.54, 1.807) is 0 Å². The first-order valence-corrected chi connectivity index (χ1v) is 5.39. The zero-order chi connectivity index (χ0) is 11.4. The van der Waals surface area contributed by atoms with Gasteiger partial charge in [-0.1, -0.05) is 27.2 Å². The summed E-state index contributed by atoms with van der Waals surface area (Å²) in [6, 6.07) is 0. The van der Waals surface area contributed by atoms with Crippen LogP contribution in [0.15, 0.2) is 0 Å². The lowest BCUT2D eigenvalue weighted by Gasteiger charge is -1.96. The maximum absolute atomic E-state index is 10.2. The van der Waals surface area contributed by atoms with Gasteiger partial charge in [0.1, 0.15) is 0 Å². The van der Waals surface area contributed by atoms with Gasteiger partial charge in [0.05, 0.1) is 0 Å². The largest absolute Gasteiger partial charge is 0.396 e. The number of unbranched alkanes of at least 4 members (excludes halogenated alkanes) is 1. The SMILES string of the molecule is CC(C)CCO.CCCCNC(C)=O. The van der Waals surface area contributed by atoms with Crippen LogP contribution >= 0.6 is 0 Å². The third kappa shape index (κ3) is 22.5. The third-order valence-corrected chi connectivity index (χ3v) is 1.61. The topological polar surface area (TPSA) is 49.3 Å². The number of hydrogen-bond acceptors (Lipinski definition) is 2. The van der Waals surface area contributed by atoms with Crippen molar-refractivity contribution in [2.24, 2.45) is 5.92 Å². The molecule has 0 aromatic heterocycles. The molecule has 0 heterocycles. The van der Waals surface area contributed by atoms with Gasteiger partial charge in [-0.3, -0.25) is 4.79 Å². The summed E-state index contributed by atoms with van der Waals surface area (Å²) in [4.78, 5) is 10.2. The van der Waals surface area contributed by atoms with E-state index < -0.39 is 0 Å². The van der Waals surface area contributed by atoms with Gasteiger partial charge in [0.15, 0.2) is 0 Å². The molecule has 3 nitrogen and oxygen atoms in total. The monoisotopic (exact) mass is 203 g/mol. The molecular formula is C11H25NO2. The Bertz CT molecular complexity index is 124. The minimum atomic E-state index is 0.0680. The molecule has 0 bridgehead atoms. The highest BCUT2D eigenvalue weighted by molar-refractivity contribution is 5.72. The molecule has 0 saturated heterocycles. The quantitative estimate of drug-likeness (QED) is 0.671. The van der Waals surface area contributed by atoms with E-state index in [4.69, 9.17) is 5.11 Å². The second-order valence-corrected chi connectivity index (χ2v) is 3.74. The molecule has 0 fully saturated rings. The molecule has 0 aromatic rings. The number of carbonyl (C=O) groups excluding carboxylic acids is 1. The Morgan fingerprint density at radius 3 is 2.21 bits per heavy atom. The molecule has 86 valence electrons. The van der Waals surface area contributed by atoms with Gasteiger partial charge >= 0.3 is 0 Å². The van der Waals surface area contributed by atoms with Crippen LogP contribution in [0.1, 0.15) is 47.0 Å². The van der Waals surface area contributed by atoms with Gasteiger partial charge in [-0.25, -0.2) is 0 Å². The van der Waals surface area contributed by atoms with Gasteiger partial charge in [0.2, 0.25) is 5.91 Å². The maximum atomic E-state index is 10.2. The van der Waals surface area contributed by atoms with Crippen molar-refractivity contribution in [3.8, 4) is 0 Å². The van der Waals surface area contributed by atoms with Crippen molar-refractivity contribution in [2.45, 2.75) is 47.0 Å². The van der Waals surface area contributed by atoms with Crippen LogP contribution in [-0.2, 0) is 4.79 Å². The standard InChI is InChI=1S/C6H13NO.C5H12O/c1-3-4-5-7-6(2)8;1-5(2)3-4-6/h3-5H2,1-2H3,(H,7,8);5-6H,3-4H2,1-2H3. The Labute approximate surface area is 87.9 Å². The van der Waals surface area contributed by atoms with Crippen molar-refractivity contribution in [2.75, 3.05) is 13.2 Å². The van der Waals surface area contributed by atoms with E-state index in [1.165, 1.54) is 6.92 Å². The van der Waals surface area contributed by atoms with E-state index in [1.807, 2.05) is 0 Å². The van der Waals surface area contributed by atoms with Crippen LogP contribution < -0.4 is 5.32 Å². The predicted octanol–water partition coefficient (Wildman–Crippen LogP) is 1.95. The molecule has 0 radical (unpaired) electrons. The molecule has 0 aromatic carbocycles. The first-order chi connectivity index (χ1) is 6.54. The Hall–Kier alpha value is -0.570. The third-order valence-electron chi connectivity index (χ3n) is 1.61. The number of aliphatic hydroxyl groups excluding tert-OH is 1. The van der Waals surface area contributed by atoms with E-state index >= 15 is 0 Å². The van der Waals surface area contributed by atoms with Crippen LogP contribution in [0.2, 0.25) is 0 Å². The second-order valence-electron chi connectivity index (χ2n) is 3.74. The molecule has 1 amide bonds. The van der Waals surface area contributed by atoms with Gasteiger partial charge in [-0.05, 0) is 18.8 Å². The van der Waals surface area contributed by atoms with E-state index in [2.05, 4.69) is 26.1 Å². The Balaban J connectivity index is 0. The Morgan fingerprint density at radius 2 is 2.00 bits per heavy atom. The molecule has 0 spiro atoms. The fraction of sp³-hybridized carbons (Fsp3) is 0.909. The minimum Gasteiger partial charge on any atom is -0.396 e. The summed E-state index contributed by atoms with van der Waals surface area (Å²) in [5.74, 6) is 0.716. The minimum absolute atomic E-state index is 0.0680. The summed E-state index contributed by atoms with van der Waals surface area (Å²) in [7, 11) is 0. The van der Waals surface area contributed by atoms with Crippen LogP contribution in [0.25, 0.3) is 0 Å². The van der Waals surface area contributed by atoms with Crippen molar-refractivity contribution >= 4 is 5.91 Å². The first kappa shape index (κ1) is 15.9. The van der Waals surface area contributed by atoms with Gasteiger partial charge in [-0.15, -0.1) is 0 Å². The molecule has 0 rings (SSSR count). The fourth-order valence-electron chi connectivity index (χ4n) is 0.699. The summed E-state index contributed by atoms with van der Waals surface area (Å²) in [6.07, 6.45) is 3.15. The zero-order valence-electron chi connectivity index (χ0n) is 9.97. The van der Waals surface area contributed by atoms with Crippen molar-refractivity contribution in [3.63, 3.8) is 0 Å². The lowest BCUT2D eigenvalue weighted by molar-refractivity contribution is -0.118. The lowest BCUT2D eigenvalue weighted by atomic mass is 10.2. The second kappa shape index (κ2) is 12.4. The average Bonchev–Trinajstić information content (AvgIpc) is 2.05. The van der Waals surface area contributed by atoms with E-state index in [0.717, 1.165) is 25.8 Å². The summed E-state index contributed by atoms with van der Waals surface area (Å²) in [6.45, 7) is 8.98. The number of nitrogens with one attached hydrogen (secondary N) is 1. The molecule has 0 saturated carbocycles. The molecule has 3 heteroatoms.